The molecule has 1 aliphatic rings. The fourth-order valence-electron chi connectivity index (χ4n) is 8.66. The van der Waals surface area contributed by atoms with E-state index in [-0.39, 0.29) is 24.1 Å². The van der Waals surface area contributed by atoms with Gasteiger partial charge in [-0.25, -0.2) is 0 Å². The molecule has 0 spiro atoms. The third-order valence-electron chi connectivity index (χ3n) is 13.3. The first-order valence-corrected chi connectivity index (χ1v) is 25.0. The fourth-order valence-corrected chi connectivity index (χ4v) is 9.05. The predicted molar refractivity (Wildman–Crippen MR) is 304 cm³/mol. The molecule has 0 amide bonds. The average molecular weight is 1000 g/mol. The maximum atomic E-state index is 9.83. The molecule has 1 fully saturated rings. The Morgan fingerprint density at radius 3 is 0.875 bits per heavy atom. The van der Waals surface area contributed by atoms with Crippen molar-refractivity contribution >= 4 is 28.5 Å². The van der Waals surface area contributed by atoms with E-state index in [0.29, 0.717) is 5.75 Å². The van der Waals surface area contributed by atoms with Gasteiger partial charge in [0.2, 0.25) is 0 Å². The molecule has 11 rings (SSSR count). The summed E-state index contributed by atoms with van der Waals surface area (Å²) in [5.41, 5.74) is 16.8. The maximum Gasteiger partial charge on any atom is 0.494 e. The number of aromatic hydroxyl groups is 2. The molecule has 0 atom stereocenters. The van der Waals surface area contributed by atoms with Gasteiger partial charge >= 0.3 is 7.12 Å². The van der Waals surface area contributed by atoms with E-state index < -0.39 is 0 Å². The van der Waals surface area contributed by atoms with Gasteiger partial charge in [0.1, 0.15) is 11.5 Å². The highest BCUT2D eigenvalue weighted by Gasteiger charge is 2.51. The van der Waals surface area contributed by atoms with Crippen LogP contribution in [-0.4, -0.2) is 28.5 Å². The van der Waals surface area contributed by atoms with Gasteiger partial charge in [-0.3, -0.25) is 0 Å². The summed E-state index contributed by atoms with van der Waals surface area (Å²) in [7, 11) is -0.360. The van der Waals surface area contributed by atoms with Crippen LogP contribution in [0.1, 0.15) is 27.7 Å². The number of hydrogen-bond donors (Lipinski definition) is 2. The summed E-state index contributed by atoms with van der Waals surface area (Å²) < 4.78 is 13.4. The standard InChI is InChI=1S/C30H29BO2.C30H22O.C6H5BrO/c1-29(2)30(3,4)33-31(32-29)28-18-10-17-27(21-28)26-16-9-15-25(20-26)24-14-8-13-23(19-24)22-11-6-5-7-12-22;31-30-17-7-16-29(21-30)28-15-6-14-27(20-28)26-13-5-12-25(19-26)24-11-4-10-23(18-24)22-8-2-1-3-9-22;7-5-2-1-3-6(8)4-5/h5-21H,1-4H3;1-21,31H;1-4,8H. The highest BCUT2D eigenvalue weighted by atomic mass is 79.9. The van der Waals surface area contributed by atoms with Crippen molar-refractivity contribution in [2.45, 2.75) is 38.9 Å². The number of phenols is 2. The Morgan fingerprint density at radius 2 is 0.556 bits per heavy atom. The first-order valence-electron chi connectivity index (χ1n) is 24.2. The van der Waals surface area contributed by atoms with E-state index in [1.54, 1.807) is 30.3 Å². The lowest BCUT2D eigenvalue weighted by molar-refractivity contribution is 0.00578. The molecule has 354 valence electrons. The van der Waals surface area contributed by atoms with Crippen molar-refractivity contribution in [3.63, 3.8) is 0 Å². The molecular weight excluding hydrogens is 947 g/mol. The zero-order valence-corrected chi connectivity index (χ0v) is 42.5. The van der Waals surface area contributed by atoms with Gasteiger partial charge in [-0.05, 0) is 172 Å². The highest BCUT2D eigenvalue weighted by Crippen LogP contribution is 2.38. The maximum absolute atomic E-state index is 9.83. The predicted octanol–water partition coefficient (Wildman–Crippen LogP) is 17.2. The molecule has 10 aromatic rings. The van der Waals surface area contributed by atoms with Crippen molar-refractivity contribution in [3.05, 3.63) is 259 Å². The third-order valence-corrected chi connectivity index (χ3v) is 13.8. The van der Waals surface area contributed by atoms with Crippen LogP contribution in [0.2, 0.25) is 0 Å². The molecule has 1 saturated heterocycles. The van der Waals surface area contributed by atoms with Crippen molar-refractivity contribution in [2.75, 3.05) is 0 Å². The van der Waals surface area contributed by atoms with Gasteiger partial charge in [0.15, 0.2) is 0 Å². The van der Waals surface area contributed by atoms with E-state index in [9.17, 15) is 5.11 Å². The van der Waals surface area contributed by atoms with Crippen LogP contribution in [-0.2, 0) is 9.31 Å². The van der Waals surface area contributed by atoms with Crippen LogP contribution in [0.3, 0.4) is 0 Å². The molecule has 0 unspecified atom stereocenters. The first kappa shape index (κ1) is 49.3. The van der Waals surface area contributed by atoms with Crippen LogP contribution in [0, 0.1) is 0 Å². The van der Waals surface area contributed by atoms with Crippen LogP contribution < -0.4 is 5.46 Å². The molecule has 4 nitrogen and oxygen atoms in total. The van der Waals surface area contributed by atoms with Crippen LogP contribution in [0.15, 0.2) is 259 Å². The summed E-state index contributed by atoms with van der Waals surface area (Å²) in [6.45, 7) is 8.35. The quantitative estimate of drug-likeness (QED) is 0.149. The van der Waals surface area contributed by atoms with Gasteiger partial charge in [-0.2, -0.15) is 0 Å². The van der Waals surface area contributed by atoms with Gasteiger partial charge in [0.25, 0.3) is 0 Å². The van der Waals surface area contributed by atoms with Gasteiger partial charge < -0.3 is 19.5 Å². The Balaban J connectivity index is 0.000000154. The SMILES string of the molecule is CC1(C)OB(c2cccc(-c3cccc(-c4cccc(-c5ccccc5)c4)c3)c2)OC1(C)C.Oc1cccc(-c2cccc(-c3cccc(-c4cccc(-c5ccccc5)c4)c3)c2)c1.Oc1cccc(Br)c1. The lowest BCUT2D eigenvalue weighted by atomic mass is 9.78. The summed E-state index contributed by atoms with van der Waals surface area (Å²) in [5, 5.41) is 18.6. The molecule has 72 heavy (non-hydrogen) atoms. The van der Waals surface area contributed by atoms with Crippen LogP contribution in [0.5, 0.6) is 11.5 Å². The van der Waals surface area contributed by atoms with Crippen LogP contribution >= 0.6 is 15.9 Å². The zero-order valence-electron chi connectivity index (χ0n) is 40.9. The van der Waals surface area contributed by atoms with E-state index in [1.165, 1.54) is 55.6 Å². The molecule has 1 heterocycles. The second-order valence-corrected chi connectivity index (χ2v) is 19.8. The molecule has 10 aromatic carbocycles. The molecule has 0 aliphatic carbocycles. The monoisotopic (exact) mass is 1000 g/mol. The molecule has 0 bridgehead atoms. The van der Waals surface area contributed by atoms with Crippen LogP contribution in [0.25, 0.3) is 77.9 Å². The average Bonchev–Trinajstić information content (AvgIpc) is 3.65. The number of rotatable bonds is 8. The summed E-state index contributed by atoms with van der Waals surface area (Å²) in [5.74, 6) is 0.572. The Kier molecular flexibility index (Phi) is 15.1. The third kappa shape index (κ3) is 12.0. The molecule has 6 heteroatoms. The molecule has 0 radical (unpaired) electrons. The van der Waals surface area contributed by atoms with Crippen LogP contribution in [0.4, 0.5) is 0 Å². The minimum atomic E-state index is -0.360. The van der Waals surface area contributed by atoms with Gasteiger partial charge in [0, 0.05) is 4.47 Å². The van der Waals surface area contributed by atoms with Crippen molar-refractivity contribution < 1.29 is 19.5 Å². The lowest BCUT2D eigenvalue weighted by Gasteiger charge is -2.32. The van der Waals surface area contributed by atoms with Crippen molar-refractivity contribution in [3.8, 4) is 89.4 Å². The fraction of sp³-hybridized carbons (Fsp3) is 0.0909. The smallest absolute Gasteiger partial charge is 0.494 e. The molecular formula is C66H56BBrO4. The first-order chi connectivity index (χ1) is 34.9. The van der Waals surface area contributed by atoms with Crippen molar-refractivity contribution in [2.24, 2.45) is 0 Å². The molecule has 0 aromatic heterocycles. The summed E-state index contributed by atoms with van der Waals surface area (Å²) >= 11 is 3.20. The van der Waals surface area contributed by atoms with Crippen molar-refractivity contribution in [1.82, 2.24) is 0 Å². The van der Waals surface area contributed by atoms with E-state index in [4.69, 9.17) is 14.4 Å². The van der Waals surface area contributed by atoms with Gasteiger partial charge in [-0.15, -0.1) is 0 Å². The number of phenolic OH excluding ortho intramolecular Hbond substituents is 2. The minimum Gasteiger partial charge on any atom is -0.508 e. The van der Waals surface area contributed by atoms with E-state index in [0.717, 1.165) is 32.2 Å². The Labute approximate surface area is 433 Å². The van der Waals surface area contributed by atoms with E-state index >= 15 is 0 Å². The topological polar surface area (TPSA) is 58.9 Å². The number of benzene rings is 10. The van der Waals surface area contributed by atoms with E-state index in [1.807, 2.05) is 24.3 Å². The minimum absolute atomic E-state index is 0.281. The second-order valence-electron chi connectivity index (χ2n) is 18.9. The van der Waals surface area contributed by atoms with Gasteiger partial charge in [-0.1, -0.05) is 210 Å². The van der Waals surface area contributed by atoms with E-state index in [2.05, 4.69) is 244 Å². The molecule has 1 aliphatic heterocycles. The normalized spacial score (nSPS) is 13.3. The van der Waals surface area contributed by atoms with Crippen molar-refractivity contribution in [1.29, 1.82) is 0 Å². The Hall–Kier alpha value is -7.74. The summed E-state index contributed by atoms with van der Waals surface area (Å²) in [6, 6.07) is 87.0. The lowest BCUT2D eigenvalue weighted by Crippen LogP contribution is -2.41. The zero-order chi connectivity index (χ0) is 50.1. The summed E-state index contributed by atoms with van der Waals surface area (Å²) in [4.78, 5) is 0. The summed E-state index contributed by atoms with van der Waals surface area (Å²) in [6.07, 6.45) is 0. The highest BCUT2D eigenvalue weighted by molar-refractivity contribution is 9.10. The Bertz CT molecular complexity index is 3390. The van der Waals surface area contributed by atoms with Gasteiger partial charge in [0.05, 0.1) is 11.2 Å². The number of hydrogen-bond acceptors (Lipinski definition) is 4. The largest absolute Gasteiger partial charge is 0.508 e. The molecule has 0 saturated carbocycles. The molecule has 2 N–H and O–H groups in total. The number of halogens is 1. The second kappa shape index (κ2) is 22.1. The Morgan fingerprint density at radius 1 is 0.292 bits per heavy atom.